The van der Waals surface area contributed by atoms with Gasteiger partial charge in [0.2, 0.25) is 0 Å². The number of esters is 1. The maximum absolute atomic E-state index is 12.6. The zero-order valence-corrected chi connectivity index (χ0v) is 25.3. The summed E-state index contributed by atoms with van der Waals surface area (Å²) in [7, 11) is 1.98. The van der Waals surface area contributed by atoms with Crippen LogP contribution in [0.3, 0.4) is 0 Å². The predicted molar refractivity (Wildman–Crippen MR) is 163 cm³/mol. The molecule has 0 saturated carbocycles. The lowest BCUT2D eigenvalue weighted by Gasteiger charge is -2.43. The molecular weight excluding hydrogens is 548 g/mol. The molecule has 1 saturated heterocycles. The van der Waals surface area contributed by atoms with Gasteiger partial charge in [-0.25, -0.2) is 0 Å². The Hall–Kier alpha value is -3.60. The van der Waals surface area contributed by atoms with Gasteiger partial charge < -0.3 is 29.7 Å². The SMILES string of the molecule is CC(=O)O[C@@H](C)C(=O)Nc1cccc([C@@H]2O[C@H](CN(C)[C@H](C)[C@@H](O)c3ccccc3)[C@H](C)[C@H](c3ccc(CO)cc3)O2)c1. The molecule has 1 fully saturated rings. The van der Waals surface area contributed by atoms with Crippen molar-refractivity contribution < 1.29 is 34.0 Å². The fraction of sp³-hybridized carbons (Fsp3) is 0.412. The Labute approximate surface area is 253 Å². The minimum Gasteiger partial charge on any atom is -0.453 e. The molecule has 9 nitrogen and oxygen atoms in total. The van der Waals surface area contributed by atoms with Gasteiger partial charge in [-0.2, -0.15) is 0 Å². The second-order valence-corrected chi connectivity index (χ2v) is 11.2. The highest BCUT2D eigenvalue weighted by molar-refractivity contribution is 5.95. The number of benzene rings is 3. The van der Waals surface area contributed by atoms with Gasteiger partial charge in [0.05, 0.1) is 24.9 Å². The minimum absolute atomic E-state index is 0.0449. The summed E-state index contributed by atoms with van der Waals surface area (Å²) in [5.41, 5.74) is 3.86. The van der Waals surface area contributed by atoms with E-state index in [4.69, 9.17) is 14.2 Å². The third-order valence-corrected chi connectivity index (χ3v) is 8.02. The number of amides is 1. The molecule has 1 aliphatic rings. The average Bonchev–Trinajstić information content (AvgIpc) is 3.01. The van der Waals surface area contributed by atoms with Crippen molar-refractivity contribution >= 4 is 17.6 Å². The van der Waals surface area contributed by atoms with Crippen LogP contribution in [0.15, 0.2) is 78.9 Å². The summed E-state index contributed by atoms with van der Waals surface area (Å²) in [6.07, 6.45) is -2.94. The molecule has 3 aromatic rings. The fourth-order valence-electron chi connectivity index (χ4n) is 5.26. The number of nitrogens with one attached hydrogen (secondary N) is 1. The van der Waals surface area contributed by atoms with Crippen LogP contribution in [0.5, 0.6) is 0 Å². The number of carbonyl (C=O) groups excluding carboxylic acids is 2. The molecule has 7 atom stereocenters. The summed E-state index contributed by atoms with van der Waals surface area (Å²) in [6, 6.07) is 24.3. The van der Waals surface area contributed by atoms with Gasteiger partial charge >= 0.3 is 5.97 Å². The molecule has 1 amide bonds. The predicted octanol–water partition coefficient (Wildman–Crippen LogP) is 4.91. The van der Waals surface area contributed by atoms with Crippen LogP contribution in [0.1, 0.15) is 68.4 Å². The van der Waals surface area contributed by atoms with Gasteiger partial charge in [0.15, 0.2) is 12.4 Å². The number of hydrogen-bond donors (Lipinski definition) is 3. The Kier molecular flexibility index (Phi) is 11.1. The van der Waals surface area contributed by atoms with E-state index in [1.54, 1.807) is 18.2 Å². The van der Waals surface area contributed by atoms with Crippen LogP contribution < -0.4 is 5.32 Å². The molecule has 1 aliphatic heterocycles. The van der Waals surface area contributed by atoms with Crippen LogP contribution in [0.2, 0.25) is 0 Å². The molecule has 0 aliphatic carbocycles. The van der Waals surface area contributed by atoms with Crippen molar-refractivity contribution in [2.24, 2.45) is 5.92 Å². The summed E-state index contributed by atoms with van der Waals surface area (Å²) in [4.78, 5) is 25.9. The first kappa shape index (κ1) is 32.3. The molecule has 3 aromatic carbocycles. The van der Waals surface area contributed by atoms with Gasteiger partial charge in [0.25, 0.3) is 5.91 Å². The fourth-order valence-corrected chi connectivity index (χ4v) is 5.26. The molecule has 43 heavy (non-hydrogen) atoms. The second-order valence-electron chi connectivity index (χ2n) is 11.2. The number of aliphatic hydroxyl groups is 2. The van der Waals surface area contributed by atoms with Crippen molar-refractivity contribution in [1.29, 1.82) is 0 Å². The lowest BCUT2D eigenvalue weighted by atomic mass is 9.89. The van der Waals surface area contributed by atoms with E-state index in [1.807, 2.05) is 74.6 Å². The Morgan fingerprint density at radius 2 is 1.67 bits per heavy atom. The first-order chi connectivity index (χ1) is 20.6. The van der Waals surface area contributed by atoms with Crippen molar-refractivity contribution in [3.05, 3.63) is 101 Å². The first-order valence-electron chi connectivity index (χ1n) is 14.6. The van der Waals surface area contributed by atoms with Crippen LogP contribution in [-0.2, 0) is 30.4 Å². The van der Waals surface area contributed by atoms with Gasteiger partial charge in [-0.1, -0.05) is 73.7 Å². The Balaban J connectivity index is 1.57. The quantitative estimate of drug-likeness (QED) is 0.270. The molecule has 1 heterocycles. The summed E-state index contributed by atoms with van der Waals surface area (Å²) < 4.78 is 18.1. The first-order valence-corrected chi connectivity index (χ1v) is 14.6. The number of anilines is 1. The van der Waals surface area contributed by atoms with Crippen LogP contribution >= 0.6 is 0 Å². The Morgan fingerprint density at radius 3 is 2.33 bits per heavy atom. The van der Waals surface area contributed by atoms with E-state index >= 15 is 0 Å². The van der Waals surface area contributed by atoms with Gasteiger partial charge in [0, 0.05) is 36.7 Å². The van der Waals surface area contributed by atoms with Crippen LogP contribution in [0, 0.1) is 5.92 Å². The van der Waals surface area contributed by atoms with Gasteiger partial charge in [-0.3, -0.25) is 14.5 Å². The van der Waals surface area contributed by atoms with Gasteiger partial charge in [0.1, 0.15) is 0 Å². The summed E-state index contributed by atoms with van der Waals surface area (Å²) in [5, 5.41) is 23.4. The molecule has 0 unspecified atom stereocenters. The van der Waals surface area contributed by atoms with E-state index in [9.17, 15) is 19.8 Å². The highest BCUT2D eigenvalue weighted by Crippen LogP contribution is 2.42. The number of ether oxygens (including phenoxy) is 3. The average molecular weight is 591 g/mol. The number of nitrogens with zero attached hydrogens (tertiary/aromatic N) is 1. The lowest BCUT2D eigenvalue weighted by Crippen LogP contribution is -2.46. The molecule has 0 radical (unpaired) electrons. The van der Waals surface area contributed by atoms with Gasteiger partial charge in [-0.05, 0) is 49.7 Å². The number of likely N-dealkylation sites (N-methyl/N-ethyl adjacent to an activating group) is 1. The monoisotopic (exact) mass is 590 g/mol. The van der Waals surface area contributed by atoms with E-state index in [1.165, 1.54) is 13.8 Å². The van der Waals surface area contributed by atoms with E-state index < -0.39 is 30.4 Å². The summed E-state index contributed by atoms with van der Waals surface area (Å²) >= 11 is 0. The molecule has 0 spiro atoms. The molecule has 0 bridgehead atoms. The summed E-state index contributed by atoms with van der Waals surface area (Å²) in [5.74, 6) is -1.03. The topological polar surface area (TPSA) is 118 Å². The number of carbonyl (C=O) groups is 2. The zero-order valence-electron chi connectivity index (χ0n) is 25.3. The van der Waals surface area contributed by atoms with Crippen LogP contribution in [-0.4, -0.2) is 58.8 Å². The summed E-state index contributed by atoms with van der Waals surface area (Å²) in [6.45, 7) is 7.34. The van der Waals surface area contributed by atoms with Crippen LogP contribution in [0.25, 0.3) is 0 Å². The van der Waals surface area contributed by atoms with Crippen molar-refractivity contribution in [3.63, 3.8) is 0 Å². The minimum atomic E-state index is -0.941. The zero-order chi connectivity index (χ0) is 31.1. The van der Waals surface area contributed by atoms with Crippen molar-refractivity contribution in [1.82, 2.24) is 4.90 Å². The molecule has 3 N–H and O–H groups in total. The van der Waals surface area contributed by atoms with E-state index in [0.717, 1.165) is 16.7 Å². The highest BCUT2D eigenvalue weighted by atomic mass is 16.7. The molecular formula is C34H42N2O7. The molecule has 230 valence electrons. The number of hydrogen-bond acceptors (Lipinski definition) is 8. The van der Waals surface area contributed by atoms with Crippen molar-refractivity contribution in [3.8, 4) is 0 Å². The third-order valence-electron chi connectivity index (χ3n) is 8.02. The molecule has 4 rings (SSSR count). The van der Waals surface area contributed by atoms with Crippen molar-refractivity contribution in [2.75, 3.05) is 18.9 Å². The normalized spacial score (nSPS) is 22.4. The van der Waals surface area contributed by atoms with E-state index in [0.29, 0.717) is 17.8 Å². The largest absolute Gasteiger partial charge is 0.453 e. The van der Waals surface area contributed by atoms with E-state index in [2.05, 4.69) is 17.1 Å². The second kappa shape index (κ2) is 14.7. The van der Waals surface area contributed by atoms with Gasteiger partial charge in [-0.15, -0.1) is 0 Å². The Bertz CT molecular complexity index is 1350. The van der Waals surface area contributed by atoms with E-state index in [-0.39, 0.29) is 30.8 Å². The van der Waals surface area contributed by atoms with Crippen molar-refractivity contribution in [2.45, 2.75) is 71.0 Å². The number of aliphatic hydroxyl groups excluding tert-OH is 2. The Morgan fingerprint density at radius 1 is 0.977 bits per heavy atom. The standard InChI is InChI=1S/C34H42N2O7/c1-21-30(19-36(5)22(2)31(39)26-10-7-6-8-11-26)42-34(43-32(21)27-16-14-25(20-37)15-17-27)28-12-9-13-29(18-28)35-33(40)23(3)41-24(4)38/h6-18,21-23,30-32,34,37,39H,19-20H2,1-5H3,(H,35,40)/t21-,22+,23-,30+,31+,32+,34+/m0/s1. The lowest BCUT2D eigenvalue weighted by molar-refractivity contribution is -0.276. The maximum atomic E-state index is 12.6. The third kappa shape index (κ3) is 8.28. The maximum Gasteiger partial charge on any atom is 0.303 e. The molecule has 0 aromatic heterocycles. The number of rotatable bonds is 11. The van der Waals surface area contributed by atoms with Crippen LogP contribution in [0.4, 0.5) is 5.69 Å². The smallest absolute Gasteiger partial charge is 0.303 e. The highest BCUT2D eigenvalue weighted by Gasteiger charge is 2.39. The molecule has 9 heteroatoms.